The second-order valence-corrected chi connectivity index (χ2v) is 11.0. The van der Waals surface area contributed by atoms with Gasteiger partial charge in [0.15, 0.2) is 5.88 Å². The van der Waals surface area contributed by atoms with Crippen LogP contribution in [0, 0.1) is 0 Å². The molecular formula is C24H29N5O5S. The first kappa shape index (κ1) is 23.7. The van der Waals surface area contributed by atoms with Gasteiger partial charge in [0.05, 0.1) is 11.3 Å². The summed E-state index contributed by atoms with van der Waals surface area (Å²) in [5.41, 5.74) is 1.95. The lowest BCUT2D eigenvalue weighted by Gasteiger charge is -2.31. The number of nitrogens with one attached hydrogen (secondary N) is 2. The van der Waals surface area contributed by atoms with Crippen LogP contribution in [0.5, 0.6) is 5.88 Å². The number of aromatic amines is 1. The summed E-state index contributed by atoms with van der Waals surface area (Å²) in [5, 5.41) is 14.3. The Hall–Kier alpha value is -2.99. The average molecular weight is 500 g/mol. The van der Waals surface area contributed by atoms with Crippen LogP contribution in [0.3, 0.4) is 0 Å². The Morgan fingerprint density at radius 1 is 1.14 bits per heavy atom. The topological polar surface area (TPSA) is 128 Å². The molecule has 0 atom stereocenters. The van der Waals surface area contributed by atoms with Crippen LogP contribution in [0.4, 0.5) is 0 Å². The van der Waals surface area contributed by atoms with Crippen LogP contribution in [-0.2, 0) is 14.8 Å². The molecule has 3 aromatic rings. The van der Waals surface area contributed by atoms with Crippen LogP contribution in [0.1, 0.15) is 23.2 Å². The normalized spacial score (nSPS) is 18.7. The van der Waals surface area contributed by atoms with E-state index in [1.54, 1.807) is 24.3 Å². The van der Waals surface area contributed by atoms with Crippen molar-refractivity contribution in [1.82, 2.24) is 24.5 Å². The molecule has 2 fully saturated rings. The third-order valence-corrected chi connectivity index (χ3v) is 8.57. The SMILES string of the molecule is CN1CCN(S(=O)(=O)c2ccc(-c3c(O)[nH]c4ccc(C(=O)NC5CCOCC5)cc34)nc2)CC1. The number of pyridine rings is 1. The fraction of sp³-hybridized carbons (Fsp3) is 0.417. The first-order valence-electron chi connectivity index (χ1n) is 11.7. The minimum Gasteiger partial charge on any atom is -0.494 e. The van der Waals surface area contributed by atoms with E-state index in [0.717, 1.165) is 12.8 Å². The Balaban J connectivity index is 1.41. The molecule has 186 valence electrons. The number of carbonyl (C=O) groups is 1. The summed E-state index contributed by atoms with van der Waals surface area (Å²) in [6, 6.07) is 8.32. The molecule has 35 heavy (non-hydrogen) atoms. The van der Waals surface area contributed by atoms with Crippen molar-refractivity contribution in [3.63, 3.8) is 0 Å². The standard InChI is InChI=1S/C24H29N5O5S/c1-28-8-10-29(11-9-28)35(32,33)18-3-5-21(25-15-18)22-19-14-16(2-4-20(19)27-24(22)31)23(30)26-17-6-12-34-13-7-17/h2-5,14-15,17,27,31H,6-13H2,1H3,(H,26,30). The maximum atomic E-state index is 13.0. The average Bonchev–Trinajstić information content (AvgIpc) is 3.20. The molecule has 0 aliphatic carbocycles. The van der Waals surface area contributed by atoms with E-state index in [1.807, 2.05) is 7.05 Å². The molecule has 3 N–H and O–H groups in total. The number of carbonyl (C=O) groups excluding carboxylic acids is 1. The molecule has 1 aromatic carbocycles. The highest BCUT2D eigenvalue weighted by atomic mass is 32.2. The number of H-pyrrole nitrogens is 1. The molecule has 10 nitrogen and oxygen atoms in total. The number of sulfonamides is 1. The summed E-state index contributed by atoms with van der Waals surface area (Å²) in [6.07, 6.45) is 2.87. The number of hydrogen-bond acceptors (Lipinski definition) is 7. The number of aromatic hydroxyl groups is 1. The minimum absolute atomic E-state index is 0.0718. The zero-order valence-electron chi connectivity index (χ0n) is 19.5. The van der Waals surface area contributed by atoms with Gasteiger partial charge in [-0.1, -0.05) is 0 Å². The Labute approximate surface area is 204 Å². The zero-order valence-corrected chi connectivity index (χ0v) is 20.3. The monoisotopic (exact) mass is 499 g/mol. The van der Waals surface area contributed by atoms with E-state index < -0.39 is 10.0 Å². The molecule has 5 rings (SSSR count). The van der Waals surface area contributed by atoms with Crippen molar-refractivity contribution in [2.45, 2.75) is 23.8 Å². The van der Waals surface area contributed by atoms with Gasteiger partial charge in [-0.3, -0.25) is 9.78 Å². The molecule has 0 bridgehead atoms. The van der Waals surface area contributed by atoms with Gasteiger partial charge in [0, 0.05) is 68.1 Å². The number of amides is 1. The van der Waals surface area contributed by atoms with Gasteiger partial charge in [0.1, 0.15) is 4.90 Å². The number of rotatable bonds is 5. The highest BCUT2D eigenvalue weighted by molar-refractivity contribution is 7.89. The Morgan fingerprint density at radius 3 is 2.57 bits per heavy atom. The van der Waals surface area contributed by atoms with Crippen LogP contribution in [0.25, 0.3) is 22.2 Å². The molecule has 1 amide bonds. The van der Waals surface area contributed by atoms with E-state index in [9.17, 15) is 18.3 Å². The van der Waals surface area contributed by atoms with Crippen molar-refractivity contribution < 1.29 is 23.1 Å². The number of piperazine rings is 1. The molecule has 0 unspecified atom stereocenters. The lowest BCUT2D eigenvalue weighted by molar-refractivity contribution is 0.0696. The number of likely N-dealkylation sites (N-methyl/N-ethyl adjacent to an activating group) is 1. The maximum Gasteiger partial charge on any atom is 0.251 e. The predicted octanol–water partition coefficient (Wildman–Crippen LogP) is 1.78. The van der Waals surface area contributed by atoms with Crippen LogP contribution >= 0.6 is 0 Å². The van der Waals surface area contributed by atoms with Crippen molar-refractivity contribution in [3.8, 4) is 17.1 Å². The number of aromatic nitrogens is 2. The summed E-state index contributed by atoms with van der Waals surface area (Å²) >= 11 is 0. The van der Waals surface area contributed by atoms with Crippen LogP contribution in [0.15, 0.2) is 41.4 Å². The first-order chi connectivity index (χ1) is 16.8. The van der Waals surface area contributed by atoms with Crippen LogP contribution in [-0.4, -0.2) is 91.1 Å². The highest BCUT2D eigenvalue weighted by Gasteiger charge is 2.28. The molecule has 11 heteroatoms. The van der Waals surface area contributed by atoms with Crippen molar-refractivity contribution in [2.75, 3.05) is 46.4 Å². The fourth-order valence-corrected chi connectivity index (χ4v) is 5.92. The molecule has 2 saturated heterocycles. The lowest BCUT2D eigenvalue weighted by atomic mass is 10.0. The van der Waals surface area contributed by atoms with Gasteiger partial charge in [-0.25, -0.2) is 8.42 Å². The Kier molecular flexibility index (Phi) is 6.49. The van der Waals surface area contributed by atoms with Gasteiger partial charge in [0.25, 0.3) is 5.91 Å². The van der Waals surface area contributed by atoms with Crippen molar-refractivity contribution in [1.29, 1.82) is 0 Å². The predicted molar refractivity (Wildman–Crippen MR) is 131 cm³/mol. The fourth-order valence-electron chi connectivity index (χ4n) is 4.55. The largest absolute Gasteiger partial charge is 0.494 e. The summed E-state index contributed by atoms with van der Waals surface area (Å²) in [4.78, 5) is 22.3. The molecule has 2 aliphatic heterocycles. The Morgan fingerprint density at radius 2 is 1.89 bits per heavy atom. The van der Waals surface area contributed by atoms with Gasteiger partial charge in [-0.2, -0.15) is 4.31 Å². The molecular weight excluding hydrogens is 470 g/mol. The second kappa shape index (κ2) is 9.57. The van der Waals surface area contributed by atoms with E-state index in [2.05, 4.69) is 20.2 Å². The van der Waals surface area contributed by atoms with E-state index in [0.29, 0.717) is 67.1 Å². The van der Waals surface area contributed by atoms with Gasteiger partial charge >= 0.3 is 0 Å². The van der Waals surface area contributed by atoms with Gasteiger partial charge in [0.2, 0.25) is 10.0 Å². The number of hydrogen-bond donors (Lipinski definition) is 3. The lowest BCUT2D eigenvalue weighted by Crippen LogP contribution is -2.47. The smallest absolute Gasteiger partial charge is 0.251 e. The summed E-state index contributed by atoms with van der Waals surface area (Å²) in [6.45, 7) is 3.49. The van der Waals surface area contributed by atoms with Crippen LogP contribution < -0.4 is 5.32 Å². The maximum absolute atomic E-state index is 13.0. The molecule has 4 heterocycles. The van der Waals surface area contributed by atoms with Gasteiger partial charge < -0.3 is 25.0 Å². The molecule has 2 aromatic heterocycles. The van der Waals surface area contributed by atoms with E-state index in [4.69, 9.17) is 4.74 Å². The third-order valence-electron chi connectivity index (χ3n) is 6.69. The number of ether oxygens (including phenoxy) is 1. The van der Waals surface area contributed by atoms with E-state index >= 15 is 0 Å². The molecule has 0 saturated carbocycles. The quantitative estimate of drug-likeness (QED) is 0.488. The summed E-state index contributed by atoms with van der Waals surface area (Å²) in [5.74, 6) is -0.281. The summed E-state index contributed by atoms with van der Waals surface area (Å²) < 4.78 is 32.8. The van der Waals surface area contributed by atoms with E-state index in [-0.39, 0.29) is 22.7 Å². The van der Waals surface area contributed by atoms with Crippen molar-refractivity contribution >= 4 is 26.8 Å². The van der Waals surface area contributed by atoms with Crippen molar-refractivity contribution in [2.24, 2.45) is 0 Å². The zero-order chi connectivity index (χ0) is 24.6. The minimum atomic E-state index is -3.64. The first-order valence-corrected chi connectivity index (χ1v) is 13.2. The molecule has 0 radical (unpaired) electrons. The molecule has 2 aliphatic rings. The Bertz CT molecular complexity index is 1320. The molecule has 0 spiro atoms. The highest BCUT2D eigenvalue weighted by Crippen LogP contribution is 2.36. The van der Waals surface area contributed by atoms with E-state index in [1.165, 1.54) is 16.6 Å². The number of nitrogens with zero attached hydrogens (tertiary/aromatic N) is 3. The van der Waals surface area contributed by atoms with Gasteiger partial charge in [-0.05, 0) is 50.2 Å². The van der Waals surface area contributed by atoms with Gasteiger partial charge in [-0.15, -0.1) is 0 Å². The third kappa shape index (κ3) is 4.76. The van der Waals surface area contributed by atoms with Crippen molar-refractivity contribution in [3.05, 3.63) is 42.1 Å². The second-order valence-electron chi connectivity index (χ2n) is 9.06. The summed E-state index contributed by atoms with van der Waals surface area (Å²) in [7, 11) is -1.68. The number of benzene rings is 1. The number of fused-ring (bicyclic) bond motifs is 1. The van der Waals surface area contributed by atoms with Crippen LogP contribution in [0.2, 0.25) is 0 Å².